The predicted octanol–water partition coefficient (Wildman–Crippen LogP) is 3.45. The van der Waals surface area contributed by atoms with Crippen LogP contribution >= 0.6 is 11.3 Å². The number of nitrogens with one attached hydrogen (secondary N) is 2. The van der Waals surface area contributed by atoms with E-state index in [0.29, 0.717) is 22.9 Å². The van der Waals surface area contributed by atoms with Crippen molar-refractivity contribution >= 4 is 38.1 Å². The maximum Gasteiger partial charge on any atom is 0.263 e. The molecule has 0 fully saturated rings. The fraction of sp³-hybridized carbons (Fsp3) is 0.200. The van der Waals surface area contributed by atoms with E-state index >= 15 is 0 Å². The Kier molecular flexibility index (Phi) is 6.58. The molecule has 0 spiro atoms. The SMILES string of the molecule is COc1ccc(S(=O)(=O)Nc2nc(CC(=O)Nc3cc(C)ccc3OC)cs2)cc1. The Hall–Kier alpha value is -3.11. The van der Waals surface area contributed by atoms with Gasteiger partial charge in [0, 0.05) is 5.38 Å². The third kappa shape index (κ3) is 5.28. The van der Waals surface area contributed by atoms with Crippen LogP contribution < -0.4 is 19.5 Å². The Morgan fingerprint density at radius 2 is 1.83 bits per heavy atom. The van der Waals surface area contributed by atoms with E-state index < -0.39 is 10.0 Å². The lowest BCUT2D eigenvalue weighted by Crippen LogP contribution is -2.16. The first-order valence-corrected chi connectivity index (χ1v) is 11.2. The maximum absolute atomic E-state index is 12.5. The lowest BCUT2D eigenvalue weighted by atomic mass is 10.2. The second kappa shape index (κ2) is 9.14. The van der Waals surface area contributed by atoms with Crippen molar-refractivity contribution < 1.29 is 22.7 Å². The zero-order valence-corrected chi connectivity index (χ0v) is 18.3. The van der Waals surface area contributed by atoms with Gasteiger partial charge in [-0.2, -0.15) is 0 Å². The number of carbonyl (C=O) groups is 1. The average Bonchev–Trinajstić information content (AvgIpc) is 3.14. The molecular weight excluding hydrogens is 426 g/mol. The van der Waals surface area contributed by atoms with Gasteiger partial charge in [-0.1, -0.05) is 6.07 Å². The minimum absolute atomic E-state index is 0.00212. The highest BCUT2D eigenvalue weighted by Gasteiger charge is 2.17. The molecule has 0 unspecified atom stereocenters. The van der Waals surface area contributed by atoms with E-state index in [2.05, 4.69) is 15.0 Å². The van der Waals surface area contributed by atoms with E-state index in [0.717, 1.165) is 16.9 Å². The van der Waals surface area contributed by atoms with Gasteiger partial charge in [-0.15, -0.1) is 11.3 Å². The van der Waals surface area contributed by atoms with E-state index in [1.165, 1.54) is 26.4 Å². The molecular formula is C20H21N3O5S2. The standard InChI is InChI=1S/C20H21N3O5S2/c1-13-4-9-18(28-3)17(10-13)22-19(24)11-14-12-29-20(21-14)23-30(25,26)16-7-5-15(27-2)6-8-16/h4-10,12H,11H2,1-3H3,(H,21,23)(H,22,24). The van der Waals surface area contributed by atoms with Gasteiger partial charge in [-0.05, 0) is 48.9 Å². The van der Waals surface area contributed by atoms with Crippen LogP contribution in [0.3, 0.4) is 0 Å². The topological polar surface area (TPSA) is 107 Å². The Morgan fingerprint density at radius 3 is 2.50 bits per heavy atom. The summed E-state index contributed by atoms with van der Waals surface area (Å²) in [6, 6.07) is 11.5. The number of sulfonamides is 1. The van der Waals surface area contributed by atoms with Gasteiger partial charge in [0.05, 0.1) is 36.9 Å². The molecule has 10 heteroatoms. The van der Waals surface area contributed by atoms with E-state index in [1.54, 1.807) is 23.6 Å². The summed E-state index contributed by atoms with van der Waals surface area (Å²) in [6.07, 6.45) is -0.00212. The molecule has 0 saturated heterocycles. The number of hydrogen-bond acceptors (Lipinski definition) is 7. The number of methoxy groups -OCH3 is 2. The molecule has 1 amide bonds. The third-order valence-electron chi connectivity index (χ3n) is 4.11. The fourth-order valence-corrected chi connectivity index (χ4v) is 4.61. The first-order valence-electron chi connectivity index (χ1n) is 8.86. The van der Waals surface area contributed by atoms with Gasteiger partial charge < -0.3 is 14.8 Å². The summed E-state index contributed by atoms with van der Waals surface area (Å²) in [7, 11) is -0.757. The molecule has 30 heavy (non-hydrogen) atoms. The minimum atomic E-state index is -3.79. The van der Waals surface area contributed by atoms with Gasteiger partial charge >= 0.3 is 0 Å². The van der Waals surface area contributed by atoms with E-state index in [4.69, 9.17) is 9.47 Å². The van der Waals surface area contributed by atoms with Crippen molar-refractivity contribution in [2.24, 2.45) is 0 Å². The molecule has 0 aliphatic carbocycles. The van der Waals surface area contributed by atoms with Crippen molar-refractivity contribution in [2.75, 3.05) is 24.3 Å². The highest BCUT2D eigenvalue weighted by atomic mass is 32.2. The molecule has 1 aromatic heterocycles. The number of carbonyl (C=O) groups excluding carboxylic acids is 1. The van der Waals surface area contributed by atoms with E-state index in [9.17, 15) is 13.2 Å². The first kappa shape index (κ1) is 21.6. The van der Waals surface area contributed by atoms with E-state index in [-0.39, 0.29) is 22.4 Å². The zero-order valence-electron chi connectivity index (χ0n) is 16.6. The van der Waals surface area contributed by atoms with Crippen molar-refractivity contribution in [2.45, 2.75) is 18.2 Å². The van der Waals surface area contributed by atoms with Crippen LogP contribution in [0.4, 0.5) is 10.8 Å². The monoisotopic (exact) mass is 447 g/mol. The van der Waals surface area contributed by atoms with Crippen molar-refractivity contribution in [1.82, 2.24) is 4.98 Å². The summed E-state index contributed by atoms with van der Waals surface area (Å²) >= 11 is 1.11. The van der Waals surface area contributed by atoms with Gasteiger partial charge in [0.1, 0.15) is 11.5 Å². The molecule has 0 radical (unpaired) electrons. The van der Waals surface area contributed by atoms with Crippen LogP contribution in [-0.4, -0.2) is 33.5 Å². The minimum Gasteiger partial charge on any atom is -0.497 e. The molecule has 3 aromatic rings. The van der Waals surface area contributed by atoms with Gasteiger partial charge in [0.2, 0.25) is 5.91 Å². The lowest BCUT2D eigenvalue weighted by Gasteiger charge is -2.10. The van der Waals surface area contributed by atoms with E-state index in [1.807, 2.05) is 19.1 Å². The van der Waals surface area contributed by atoms with Gasteiger partial charge in [0.15, 0.2) is 5.13 Å². The largest absolute Gasteiger partial charge is 0.497 e. The third-order valence-corrected chi connectivity index (χ3v) is 6.40. The Morgan fingerprint density at radius 1 is 1.10 bits per heavy atom. The number of rotatable bonds is 8. The molecule has 0 atom stereocenters. The summed E-state index contributed by atoms with van der Waals surface area (Å²) in [4.78, 5) is 16.7. The summed E-state index contributed by atoms with van der Waals surface area (Å²) in [5, 5.41) is 4.62. The summed E-state index contributed by atoms with van der Waals surface area (Å²) in [6.45, 7) is 1.91. The van der Waals surface area contributed by atoms with Crippen molar-refractivity contribution in [3.8, 4) is 11.5 Å². The summed E-state index contributed by atoms with van der Waals surface area (Å²) < 4.78 is 37.7. The number of amides is 1. The van der Waals surface area contributed by atoms with Crippen LogP contribution in [0.5, 0.6) is 11.5 Å². The number of hydrogen-bond donors (Lipinski definition) is 2. The number of aromatic nitrogens is 1. The van der Waals surface area contributed by atoms with Crippen molar-refractivity contribution in [1.29, 1.82) is 0 Å². The van der Waals surface area contributed by atoms with Crippen LogP contribution in [0.2, 0.25) is 0 Å². The van der Waals surface area contributed by atoms with Crippen molar-refractivity contribution in [3.63, 3.8) is 0 Å². The molecule has 3 rings (SSSR count). The molecule has 8 nitrogen and oxygen atoms in total. The molecule has 1 heterocycles. The first-order chi connectivity index (χ1) is 14.3. The molecule has 2 aromatic carbocycles. The smallest absolute Gasteiger partial charge is 0.263 e. The van der Waals surface area contributed by atoms with Crippen LogP contribution in [0.15, 0.2) is 52.7 Å². The van der Waals surface area contributed by atoms with Gasteiger partial charge in [0.25, 0.3) is 10.0 Å². The average molecular weight is 448 g/mol. The highest BCUT2D eigenvalue weighted by Crippen LogP contribution is 2.26. The molecule has 2 N–H and O–H groups in total. The Balaban J connectivity index is 1.66. The number of ether oxygens (including phenoxy) is 2. The fourth-order valence-electron chi connectivity index (χ4n) is 2.64. The van der Waals surface area contributed by atoms with Crippen molar-refractivity contribution in [3.05, 3.63) is 59.1 Å². The zero-order chi connectivity index (χ0) is 21.7. The molecule has 0 aliphatic rings. The predicted molar refractivity (Wildman–Crippen MR) is 116 cm³/mol. The maximum atomic E-state index is 12.5. The molecule has 158 valence electrons. The molecule has 0 bridgehead atoms. The summed E-state index contributed by atoms with van der Waals surface area (Å²) in [5.41, 5.74) is 2.00. The van der Waals surface area contributed by atoms with Crippen LogP contribution in [0, 0.1) is 6.92 Å². The van der Waals surface area contributed by atoms with Crippen LogP contribution in [0.1, 0.15) is 11.3 Å². The second-order valence-electron chi connectivity index (χ2n) is 6.35. The molecule has 0 saturated carbocycles. The lowest BCUT2D eigenvalue weighted by molar-refractivity contribution is -0.115. The number of benzene rings is 2. The van der Waals surface area contributed by atoms with Gasteiger partial charge in [-0.25, -0.2) is 13.4 Å². The normalized spacial score (nSPS) is 11.0. The second-order valence-corrected chi connectivity index (χ2v) is 8.89. The highest BCUT2D eigenvalue weighted by molar-refractivity contribution is 7.93. The Bertz CT molecular complexity index is 1140. The summed E-state index contributed by atoms with van der Waals surface area (Å²) in [5.74, 6) is 0.829. The molecule has 0 aliphatic heterocycles. The Labute approximate surface area is 178 Å². The number of thiazole rings is 1. The number of nitrogens with zero attached hydrogens (tertiary/aromatic N) is 1. The number of aryl methyl sites for hydroxylation is 1. The van der Waals surface area contributed by atoms with Crippen LogP contribution in [0.25, 0.3) is 0 Å². The van der Waals surface area contributed by atoms with Crippen LogP contribution in [-0.2, 0) is 21.2 Å². The van der Waals surface area contributed by atoms with Gasteiger partial charge in [-0.3, -0.25) is 9.52 Å². The number of anilines is 2. The quantitative estimate of drug-likeness (QED) is 0.548.